The summed E-state index contributed by atoms with van der Waals surface area (Å²) in [6.07, 6.45) is -2.00. The summed E-state index contributed by atoms with van der Waals surface area (Å²) in [5.74, 6) is 0.0109. The third kappa shape index (κ3) is 6.12. The summed E-state index contributed by atoms with van der Waals surface area (Å²) in [5.41, 5.74) is 9.38. The molecule has 5 rings (SSSR count). The van der Waals surface area contributed by atoms with Crippen molar-refractivity contribution in [1.82, 2.24) is 24.5 Å². The van der Waals surface area contributed by atoms with Gasteiger partial charge in [0.1, 0.15) is 17.7 Å². The van der Waals surface area contributed by atoms with Gasteiger partial charge in [0.05, 0.1) is 36.0 Å². The Hall–Kier alpha value is -4.74. The normalized spacial score (nSPS) is 17.6. The number of halogens is 3. The second kappa shape index (κ2) is 11.6. The number of aromatic nitrogens is 4. The number of pyridine rings is 1. The van der Waals surface area contributed by atoms with Crippen LogP contribution >= 0.6 is 0 Å². The van der Waals surface area contributed by atoms with Crippen LogP contribution in [0.15, 0.2) is 48.9 Å². The summed E-state index contributed by atoms with van der Waals surface area (Å²) >= 11 is 0. The Labute approximate surface area is 239 Å². The lowest BCUT2D eigenvalue weighted by Gasteiger charge is -2.35. The number of alkyl halides is 3. The monoisotopic (exact) mass is 579 g/mol. The molecule has 2 amide bonds. The fraction of sp³-hybridized carbons (Fsp3) is 0.321. The van der Waals surface area contributed by atoms with E-state index in [9.17, 15) is 23.2 Å². The lowest BCUT2D eigenvalue weighted by Crippen LogP contribution is -2.45. The molecule has 2 atom stereocenters. The van der Waals surface area contributed by atoms with E-state index in [1.807, 2.05) is 13.8 Å². The number of anilines is 3. The van der Waals surface area contributed by atoms with Gasteiger partial charge in [-0.25, -0.2) is 19.3 Å². The molecule has 1 aliphatic rings. The van der Waals surface area contributed by atoms with Gasteiger partial charge in [-0.2, -0.15) is 23.5 Å². The number of nitriles is 1. The molecule has 1 fully saturated rings. The lowest BCUT2D eigenvalue weighted by molar-refractivity contribution is -0.137. The van der Waals surface area contributed by atoms with Crippen molar-refractivity contribution in [2.75, 3.05) is 29.5 Å². The number of nitrogen functional groups attached to an aromatic ring is 1. The Morgan fingerprint density at radius 2 is 1.86 bits per heavy atom. The van der Waals surface area contributed by atoms with E-state index >= 15 is 0 Å². The molecular weight excluding hydrogens is 551 g/mol. The number of urea groups is 1. The number of morpholine rings is 1. The highest BCUT2D eigenvalue weighted by molar-refractivity contribution is 5.99. The standard InChI is InChI=1S/C28H28F3N9O2/c1-16-12-39(13-17(2)42-16)14-22-21(7-9-32)24(25-26(33)35-15-36-40(22)25)18-3-5-20(6-4-18)37-27(41)38-23-11-19(8-10-34-23)28(29,30)31/h3-6,8,10-11,15-17H,7,12-14H2,1-2H3,(H2,33,35,36)(H2,34,37,38,41). The molecule has 11 nitrogen and oxygen atoms in total. The van der Waals surface area contributed by atoms with Crippen LogP contribution in [0.2, 0.25) is 0 Å². The highest BCUT2D eigenvalue weighted by Gasteiger charge is 2.31. The molecule has 0 bridgehead atoms. The summed E-state index contributed by atoms with van der Waals surface area (Å²) in [4.78, 5) is 22.7. The second-order valence-electron chi connectivity index (χ2n) is 10.1. The van der Waals surface area contributed by atoms with Crippen molar-refractivity contribution in [3.8, 4) is 17.2 Å². The van der Waals surface area contributed by atoms with E-state index in [-0.39, 0.29) is 30.3 Å². The minimum absolute atomic E-state index is 0.0557. The zero-order valence-corrected chi connectivity index (χ0v) is 22.8. The summed E-state index contributed by atoms with van der Waals surface area (Å²) in [6.45, 7) is 6.01. The van der Waals surface area contributed by atoms with E-state index in [0.29, 0.717) is 23.3 Å². The molecule has 4 aromatic rings. The first kappa shape index (κ1) is 28.8. The number of hydrogen-bond acceptors (Lipinski definition) is 8. The quantitative estimate of drug-likeness (QED) is 0.298. The maximum Gasteiger partial charge on any atom is 0.416 e. The number of rotatable bonds is 6. The van der Waals surface area contributed by atoms with Crippen LogP contribution in [0.3, 0.4) is 0 Å². The van der Waals surface area contributed by atoms with Crippen molar-refractivity contribution in [3.63, 3.8) is 0 Å². The molecule has 1 aromatic carbocycles. The van der Waals surface area contributed by atoms with Crippen LogP contribution in [0.1, 0.15) is 30.7 Å². The molecule has 0 saturated carbocycles. The number of fused-ring (bicyclic) bond motifs is 1. The number of carbonyl (C=O) groups is 1. The topological polar surface area (TPSA) is 146 Å². The number of hydrogen-bond donors (Lipinski definition) is 3. The Bertz CT molecular complexity index is 1640. The number of ether oxygens (including phenoxy) is 1. The first-order valence-corrected chi connectivity index (χ1v) is 13.1. The van der Waals surface area contributed by atoms with Crippen LogP contribution in [0, 0.1) is 11.3 Å². The predicted octanol–water partition coefficient (Wildman–Crippen LogP) is 4.71. The van der Waals surface area contributed by atoms with Gasteiger partial charge in [0.25, 0.3) is 0 Å². The highest BCUT2D eigenvalue weighted by atomic mass is 19.4. The third-order valence-corrected chi connectivity index (χ3v) is 6.85. The van der Waals surface area contributed by atoms with E-state index in [1.165, 1.54) is 6.33 Å². The van der Waals surface area contributed by atoms with Crippen molar-refractivity contribution in [2.24, 2.45) is 0 Å². The van der Waals surface area contributed by atoms with Crippen LogP contribution < -0.4 is 16.4 Å². The van der Waals surface area contributed by atoms with Crippen LogP contribution in [-0.2, 0) is 23.9 Å². The van der Waals surface area contributed by atoms with E-state index in [4.69, 9.17) is 10.5 Å². The first-order valence-electron chi connectivity index (χ1n) is 13.1. The predicted molar refractivity (Wildman–Crippen MR) is 149 cm³/mol. The molecule has 218 valence electrons. The van der Waals surface area contributed by atoms with Gasteiger partial charge in [0.2, 0.25) is 0 Å². The van der Waals surface area contributed by atoms with E-state index in [2.05, 4.69) is 36.7 Å². The van der Waals surface area contributed by atoms with E-state index < -0.39 is 17.8 Å². The molecule has 3 aromatic heterocycles. The average molecular weight is 580 g/mol. The summed E-state index contributed by atoms with van der Waals surface area (Å²) in [5, 5.41) is 19.1. The van der Waals surface area contributed by atoms with Crippen molar-refractivity contribution in [3.05, 3.63) is 65.7 Å². The summed E-state index contributed by atoms with van der Waals surface area (Å²) in [6, 6.07) is 9.85. The van der Waals surface area contributed by atoms with E-state index in [0.717, 1.165) is 48.2 Å². The fourth-order valence-corrected chi connectivity index (χ4v) is 5.26. The van der Waals surface area contributed by atoms with Gasteiger partial charge in [-0.3, -0.25) is 10.2 Å². The van der Waals surface area contributed by atoms with Gasteiger partial charge in [-0.1, -0.05) is 12.1 Å². The molecular formula is C28H28F3N9O2. The Morgan fingerprint density at radius 1 is 1.14 bits per heavy atom. The van der Waals surface area contributed by atoms with Gasteiger partial charge in [-0.05, 0) is 49.2 Å². The highest BCUT2D eigenvalue weighted by Crippen LogP contribution is 2.37. The average Bonchev–Trinajstić information content (AvgIpc) is 3.22. The smallest absolute Gasteiger partial charge is 0.382 e. The second-order valence-corrected chi connectivity index (χ2v) is 10.1. The molecule has 1 saturated heterocycles. The molecule has 0 radical (unpaired) electrons. The number of amides is 2. The molecule has 0 spiro atoms. The molecule has 42 heavy (non-hydrogen) atoms. The number of nitrogens with two attached hydrogens (primary N) is 1. The van der Waals surface area contributed by atoms with Crippen LogP contribution in [0.5, 0.6) is 0 Å². The van der Waals surface area contributed by atoms with Crippen molar-refractivity contribution in [2.45, 2.75) is 45.2 Å². The maximum absolute atomic E-state index is 13.0. The molecule has 1 aliphatic heterocycles. The molecule has 4 N–H and O–H groups in total. The summed E-state index contributed by atoms with van der Waals surface area (Å²) < 4.78 is 46.5. The van der Waals surface area contributed by atoms with Gasteiger partial charge in [-0.15, -0.1) is 0 Å². The SMILES string of the molecule is CC1CN(Cc2c(CC#N)c(-c3ccc(NC(=O)Nc4cc(C(F)(F)F)ccn4)cc3)c3c(N)ncnn23)CC(C)O1. The van der Waals surface area contributed by atoms with Gasteiger partial charge < -0.3 is 15.8 Å². The zero-order valence-electron chi connectivity index (χ0n) is 22.8. The zero-order chi connectivity index (χ0) is 30.0. The van der Waals surface area contributed by atoms with Crippen molar-refractivity contribution in [1.29, 1.82) is 5.26 Å². The Morgan fingerprint density at radius 3 is 2.52 bits per heavy atom. The number of nitrogens with zero attached hydrogens (tertiary/aromatic N) is 6. The van der Waals surface area contributed by atoms with E-state index in [1.54, 1.807) is 28.8 Å². The largest absolute Gasteiger partial charge is 0.416 e. The number of nitrogens with one attached hydrogen (secondary N) is 2. The number of carbonyl (C=O) groups excluding carboxylic acids is 1. The fourth-order valence-electron chi connectivity index (χ4n) is 5.26. The van der Waals surface area contributed by atoms with Crippen LogP contribution in [0.4, 0.5) is 35.3 Å². The molecule has 14 heteroatoms. The van der Waals surface area contributed by atoms with Crippen molar-refractivity contribution < 1.29 is 22.7 Å². The Balaban J connectivity index is 1.43. The Kier molecular flexibility index (Phi) is 7.97. The molecule has 4 heterocycles. The third-order valence-electron chi connectivity index (χ3n) is 6.85. The molecule has 2 unspecified atom stereocenters. The minimum Gasteiger partial charge on any atom is -0.382 e. The van der Waals surface area contributed by atoms with Gasteiger partial charge in [0, 0.05) is 37.1 Å². The maximum atomic E-state index is 13.0. The number of benzene rings is 1. The van der Waals surface area contributed by atoms with Crippen LogP contribution in [0.25, 0.3) is 16.6 Å². The van der Waals surface area contributed by atoms with Crippen molar-refractivity contribution >= 4 is 28.9 Å². The molecule has 0 aliphatic carbocycles. The minimum atomic E-state index is -4.56. The van der Waals surface area contributed by atoms with Gasteiger partial charge in [0.15, 0.2) is 5.82 Å². The first-order chi connectivity index (χ1) is 20.0. The van der Waals surface area contributed by atoms with Gasteiger partial charge >= 0.3 is 12.2 Å². The van der Waals surface area contributed by atoms with Crippen LogP contribution in [-0.4, -0.2) is 55.8 Å². The summed E-state index contributed by atoms with van der Waals surface area (Å²) in [7, 11) is 0. The lowest BCUT2D eigenvalue weighted by atomic mass is 9.98.